The van der Waals surface area contributed by atoms with E-state index in [0.29, 0.717) is 4.34 Å². The quantitative estimate of drug-likeness (QED) is 0.879. The molecule has 2 aromatic rings. The second kappa shape index (κ2) is 5.33. The minimum Gasteiger partial charge on any atom is -0.475 e. The Kier molecular flexibility index (Phi) is 3.95. The molecule has 0 unspecified atom stereocenters. The summed E-state index contributed by atoms with van der Waals surface area (Å²) in [5, 5.41) is 8.66. The molecule has 0 fully saturated rings. The minimum absolute atomic E-state index is 0.0857. The van der Waals surface area contributed by atoms with E-state index in [2.05, 4.69) is 4.72 Å². The third-order valence-electron chi connectivity index (χ3n) is 2.12. The van der Waals surface area contributed by atoms with Crippen LogP contribution in [0.2, 0.25) is 4.34 Å². The lowest BCUT2D eigenvalue weighted by Gasteiger charge is -2.02. The van der Waals surface area contributed by atoms with E-state index in [4.69, 9.17) is 21.1 Å². The molecule has 102 valence electrons. The van der Waals surface area contributed by atoms with Gasteiger partial charge in [-0.3, -0.25) is 0 Å². The molecule has 0 saturated heterocycles. The fourth-order valence-corrected chi connectivity index (χ4v) is 3.79. The van der Waals surface area contributed by atoms with E-state index in [1.54, 1.807) is 0 Å². The highest BCUT2D eigenvalue weighted by molar-refractivity contribution is 7.91. The molecule has 6 nitrogen and oxygen atoms in total. The summed E-state index contributed by atoms with van der Waals surface area (Å²) in [6.07, 6.45) is 0. The molecule has 0 aliphatic heterocycles. The summed E-state index contributed by atoms with van der Waals surface area (Å²) in [6, 6.07) is 5.53. The Morgan fingerprint density at radius 2 is 2.11 bits per heavy atom. The van der Waals surface area contributed by atoms with Crippen molar-refractivity contribution in [1.82, 2.24) is 4.72 Å². The van der Waals surface area contributed by atoms with Crippen molar-refractivity contribution in [2.24, 2.45) is 0 Å². The number of halogens is 1. The first kappa shape index (κ1) is 14.1. The van der Waals surface area contributed by atoms with Crippen LogP contribution in [0.4, 0.5) is 0 Å². The maximum Gasteiger partial charge on any atom is 0.371 e. The molecule has 0 aromatic carbocycles. The van der Waals surface area contributed by atoms with Crippen LogP contribution in [-0.2, 0) is 16.6 Å². The fourth-order valence-electron chi connectivity index (χ4n) is 1.27. The minimum atomic E-state index is -3.67. The van der Waals surface area contributed by atoms with Crippen molar-refractivity contribution in [3.8, 4) is 0 Å². The maximum atomic E-state index is 11.8. The molecule has 9 heteroatoms. The van der Waals surface area contributed by atoms with Crippen LogP contribution in [0.25, 0.3) is 0 Å². The van der Waals surface area contributed by atoms with Crippen LogP contribution >= 0.6 is 22.9 Å². The van der Waals surface area contributed by atoms with Gasteiger partial charge in [-0.2, -0.15) is 0 Å². The van der Waals surface area contributed by atoms with Crippen molar-refractivity contribution in [3.63, 3.8) is 0 Å². The van der Waals surface area contributed by atoms with Gasteiger partial charge in [0, 0.05) is 0 Å². The highest BCUT2D eigenvalue weighted by atomic mass is 35.5. The summed E-state index contributed by atoms with van der Waals surface area (Å²) < 4.78 is 31.4. The molecule has 0 spiro atoms. The first-order valence-corrected chi connectivity index (χ1v) is 7.63. The van der Waals surface area contributed by atoms with E-state index >= 15 is 0 Å². The Balaban J connectivity index is 2.07. The number of thiophene rings is 1. The first-order valence-electron chi connectivity index (χ1n) is 4.95. The zero-order valence-electron chi connectivity index (χ0n) is 9.29. The van der Waals surface area contributed by atoms with Crippen molar-refractivity contribution in [1.29, 1.82) is 0 Å². The van der Waals surface area contributed by atoms with Crippen LogP contribution in [0.5, 0.6) is 0 Å². The number of rotatable bonds is 5. The van der Waals surface area contributed by atoms with Crippen LogP contribution in [0.15, 0.2) is 32.9 Å². The standard InChI is InChI=1S/C10H8ClNO5S2/c11-8-3-4-9(18-8)19(15,16)12-5-6-1-2-7(17-6)10(13)14/h1-4,12H,5H2,(H,13,14). The smallest absolute Gasteiger partial charge is 0.371 e. The second-order valence-electron chi connectivity index (χ2n) is 3.45. The Hall–Kier alpha value is -1.35. The van der Waals surface area contributed by atoms with Gasteiger partial charge in [-0.15, -0.1) is 11.3 Å². The molecule has 0 saturated carbocycles. The van der Waals surface area contributed by atoms with E-state index in [9.17, 15) is 13.2 Å². The number of hydrogen-bond acceptors (Lipinski definition) is 5. The monoisotopic (exact) mass is 321 g/mol. The molecule has 0 radical (unpaired) electrons. The largest absolute Gasteiger partial charge is 0.475 e. The third kappa shape index (κ3) is 3.35. The van der Waals surface area contributed by atoms with E-state index in [1.165, 1.54) is 24.3 Å². The molecule has 2 N–H and O–H groups in total. The highest BCUT2D eigenvalue weighted by Crippen LogP contribution is 2.25. The number of carboxylic acids is 1. The summed E-state index contributed by atoms with van der Waals surface area (Å²) in [4.78, 5) is 10.6. The Bertz CT molecular complexity index is 703. The molecule has 0 aliphatic rings. The van der Waals surface area contributed by atoms with Crippen LogP contribution in [0.1, 0.15) is 16.3 Å². The van der Waals surface area contributed by atoms with Gasteiger partial charge in [0.15, 0.2) is 0 Å². The lowest BCUT2D eigenvalue weighted by Crippen LogP contribution is -2.22. The van der Waals surface area contributed by atoms with Gasteiger partial charge in [-0.1, -0.05) is 11.6 Å². The Labute approximate surface area is 117 Å². The molecule has 0 atom stereocenters. The number of carboxylic acid groups (broad SMARTS) is 1. The zero-order chi connectivity index (χ0) is 14.0. The van der Waals surface area contributed by atoms with Crippen LogP contribution in [0, 0.1) is 0 Å². The van der Waals surface area contributed by atoms with E-state index in [0.717, 1.165) is 11.3 Å². The summed E-state index contributed by atoms with van der Waals surface area (Å²) in [5.74, 6) is -1.24. The van der Waals surface area contributed by atoms with Gasteiger partial charge in [0.05, 0.1) is 10.9 Å². The van der Waals surface area contributed by atoms with Gasteiger partial charge in [0.25, 0.3) is 10.0 Å². The summed E-state index contributed by atoms with van der Waals surface area (Å²) in [7, 11) is -3.67. The van der Waals surface area contributed by atoms with Gasteiger partial charge in [-0.05, 0) is 24.3 Å². The maximum absolute atomic E-state index is 11.8. The van der Waals surface area contributed by atoms with E-state index < -0.39 is 16.0 Å². The van der Waals surface area contributed by atoms with Gasteiger partial charge in [0.1, 0.15) is 9.97 Å². The van der Waals surface area contributed by atoms with E-state index in [1.807, 2.05) is 0 Å². The first-order chi connectivity index (χ1) is 8.88. The zero-order valence-corrected chi connectivity index (χ0v) is 11.7. The molecule has 2 heterocycles. The van der Waals surface area contributed by atoms with Crippen LogP contribution in [0.3, 0.4) is 0 Å². The molecule has 2 aromatic heterocycles. The molecular formula is C10H8ClNO5S2. The molecule has 0 amide bonds. The summed E-state index contributed by atoms with van der Waals surface area (Å²) in [5.41, 5.74) is 0. The normalized spacial score (nSPS) is 11.6. The van der Waals surface area contributed by atoms with E-state index in [-0.39, 0.29) is 22.3 Å². The van der Waals surface area contributed by atoms with Crippen molar-refractivity contribution in [3.05, 3.63) is 40.1 Å². The summed E-state index contributed by atoms with van der Waals surface area (Å²) in [6.45, 7) is -0.134. The van der Waals surface area contributed by atoms with Crippen molar-refractivity contribution in [2.75, 3.05) is 0 Å². The molecule has 19 heavy (non-hydrogen) atoms. The predicted molar refractivity (Wildman–Crippen MR) is 69.0 cm³/mol. The molecular weight excluding hydrogens is 314 g/mol. The van der Waals surface area contributed by atoms with Gasteiger partial charge in [-0.25, -0.2) is 17.9 Å². The number of hydrogen-bond donors (Lipinski definition) is 2. The van der Waals surface area contributed by atoms with Crippen LogP contribution < -0.4 is 4.72 Å². The van der Waals surface area contributed by atoms with Gasteiger partial charge in [0.2, 0.25) is 5.76 Å². The lowest BCUT2D eigenvalue weighted by molar-refractivity contribution is 0.0660. The third-order valence-corrected chi connectivity index (χ3v) is 5.25. The average molecular weight is 322 g/mol. The van der Waals surface area contributed by atoms with Crippen molar-refractivity contribution >= 4 is 38.9 Å². The number of aromatic carboxylic acids is 1. The topological polar surface area (TPSA) is 96.6 Å². The lowest BCUT2D eigenvalue weighted by atomic mass is 10.4. The Morgan fingerprint density at radius 1 is 1.37 bits per heavy atom. The molecule has 0 bridgehead atoms. The van der Waals surface area contributed by atoms with Gasteiger partial charge >= 0.3 is 5.97 Å². The number of nitrogens with one attached hydrogen (secondary N) is 1. The summed E-state index contributed by atoms with van der Waals surface area (Å²) >= 11 is 6.59. The fraction of sp³-hybridized carbons (Fsp3) is 0.100. The second-order valence-corrected chi connectivity index (χ2v) is 7.16. The number of sulfonamides is 1. The highest BCUT2D eigenvalue weighted by Gasteiger charge is 2.17. The van der Waals surface area contributed by atoms with Crippen molar-refractivity contribution < 1.29 is 22.7 Å². The van der Waals surface area contributed by atoms with Crippen molar-refractivity contribution in [2.45, 2.75) is 10.8 Å². The number of carbonyl (C=O) groups is 1. The number of furan rings is 1. The average Bonchev–Trinajstić information content (AvgIpc) is 2.95. The Morgan fingerprint density at radius 3 is 2.63 bits per heavy atom. The SMILES string of the molecule is O=C(O)c1ccc(CNS(=O)(=O)c2ccc(Cl)s2)o1. The van der Waals surface area contributed by atoms with Crippen LogP contribution in [-0.4, -0.2) is 19.5 Å². The molecule has 0 aliphatic carbocycles. The van der Waals surface area contributed by atoms with Gasteiger partial charge < -0.3 is 9.52 Å². The predicted octanol–water partition coefficient (Wildman–Crippen LogP) is 2.17. The molecule has 2 rings (SSSR count).